The molecule has 1 amide bonds. The van der Waals surface area contributed by atoms with Crippen LogP contribution in [-0.4, -0.2) is 68.4 Å². The fourth-order valence-electron chi connectivity index (χ4n) is 9.93. The first kappa shape index (κ1) is 38.9. The standard InChI is InChI=1S/C46H48ClN9O3S/c1-27-28(2)60-43-40(27)41(50-46(18-19-46)44-54-51-29(3)56(43)44)31-5-10-34(11-6-31)58-25-30-22-45(23-30)17-4-20-55(26-45)39-16-15-38(52-53-39)42(57)49-33-8-13-35(14-9-33)59-36-12-7-32(24-48)37(47)21-36/h5-7,10-12,15-16,21,30,33,35H,4,8-9,13-14,17-20,22-23,25-26H2,1-3H3,(H,49,57)/t30?,33-,35-,45?. The van der Waals surface area contributed by atoms with Crippen LogP contribution in [0, 0.1) is 43.4 Å². The highest BCUT2D eigenvalue weighted by molar-refractivity contribution is 7.15. The number of aryl methyl sites for hydroxylation is 2. The van der Waals surface area contributed by atoms with Crippen molar-refractivity contribution in [3.8, 4) is 22.6 Å². The molecule has 0 radical (unpaired) electrons. The lowest BCUT2D eigenvalue weighted by atomic mass is 9.58. The van der Waals surface area contributed by atoms with Gasteiger partial charge in [-0.05, 0) is 150 Å². The molecule has 3 aromatic heterocycles. The molecular weight excluding hydrogens is 794 g/mol. The lowest BCUT2D eigenvalue weighted by Crippen LogP contribution is -2.51. The summed E-state index contributed by atoms with van der Waals surface area (Å²) in [6.45, 7) is 9.01. The predicted molar refractivity (Wildman–Crippen MR) is 231 cm³/mol. The van der Waals surface area contributed by atoms with E-state index in [0.717, 1.165) is 105 Å². The molecule has 0 unspecified atom stereocenters. The summed E-state index contributed by atoms with van der Waals surface area (Å²) >= 11 is 7.97. The molecule has 5 heterocycles. The first-order valence-electron chi connectivity index (χ1n) is 21.2. The molecular formula is C46H48ClN9O3S. The summed E-state index contributed by atoms with van der Waals surface area (Å²) in [5.41, 5.74) is 5.33. The van der Waals surface area contributed by atoms with Gasteiger partial charge < -0.3 is 19.7 Å². The molecule has 4 fully saturated rings. The number of amides is 1. The number of rotatable bonds is 9. The van der Waals surface area contributed by atoms with Crippen LogP contribution in [-0.2, 0) is 5.54 Å². The maximum Gasteiger partial charge on any atom is 0.272 e. The van der Waals surface area contributed by atoms with E-state index < -0.39 is 0 Å². The smallest absolute Gasteiger partial charge is 0.272 e. The summed E-state index contributed by atoms with van der Waals surface area (Å²) < 4.78 is 14.8. The third-order valence-electron chi connectivity index (χ3n) is 13.4. The molecule has 0 bridgehead atoms. The van der Waals surface area contributed by atoms with Crippen LogP contribution in [0.25, 0.3) is 5.00 Å². The topological polar surface area (TPSA) is 143 Å². The number of nitriles is 1. The lowest BCUT2D eigenvalue weighted by Gasteiger charge is -2.53. The van der Waals surface area contributed by atoms with Crippen molar-refractivity contribution in [2.45, 2.75) is 103 Å². The number of nitrogens with one attached hydrogen (secondary N) is 1. The van der Waals surface area contributed by atoms with Gasteiger partial charge in [-0.2, -0.15) is 5.26 Å². The third-order valence-corrected chi connectivity index (χ3v) is 14.9. The van der Waals surface area contributed by atoms with Crippen LogP contribution in [0.3, 0.4) is 0 Å². The number of hydrogen-bond donors (Lipinski definition) is 1. The van der Waals surface area contributed by atoms with Gasteiger partial charge in [0, 0.05) is 41.2 Å². The minimum absolute atomic E-state index is 0.0358. The zero-order valence-corrected chi connectivity index (χ0v) is 35.8. The number of aromatic nitrogens is 5. The molecule has 308 valence electrons. The van der Waals surface area contributed by atoms with Crippen LogP contribution in [0.2, 0.25) is 5.02 Å². The Kier molecular flexibility index (Phi) is 9.91. The van der Waals surface area contributed by atoms with Gasteiger partial charge in [0.2, 0.25) is 0 Å². The summed E-state index contributed by atoms with van der Waals surface area (Å²) in [4.78, 5) is 22.2. The second-order valence-corrected chi connectivity index (χ2v) is 19.2. The second kappa shape index (κ2) is 15.3. The molecule has 60 heavy (non-hydrogen) atoms. The Morgan fingerprint density at radius 1 is 0.967 bits per heavy atom. The number of carbonyl (C=O) groups is 1. The Hall–Kier alpha value is -5.32. The molecule has 0 atom stereocenters. The number of nitrogens with zero attached hydrogens (tertiary/aromatic N) is 8. The van der Waals surface area contributed by atoms with E-state index in [9.17, 15) is 4.79 Å². The Balaban J connectivity index is 0.705. The number of fused-ring (bicyclic) bond motifs is 4. The first-order valence-corrected chi connectivity index (χ1v) is 22.4. The van der Waals surface area contributed by atoms with Crippen LogP contribution < -0.4 is 19.7 Å². The molecule has 5 aromatic rings. The van der Waals surface area contributed by atoms with Crippen LogP contribution in [0.15, 0.2) is 59.6 Å². The number of carbonyl (C=O) groups excluding carboxylic acids is 1. The number of ether oxygens (including phenoxy) is 2. The highest BCUT2D eigenvalue weighted by Crippen LogP contribution is 2.54. The number of halogens is 1. The molecule has 12 nitrogen and oxygen atoms in total. The SMILES string of the molecule is Cc1sc2c(c1C)C(c1ccc(OCC3CC4(CCCN(c5ccc(C(=O)N[C@H]6CC[C@H](Oc7ccc(C#N)c(Cl)c7)CC6)nn5)C4)C3)cc1)=NC1(CC1)c1nnc(C)n1-2. The van der Waals surface area contributed by atoms with Gasteiger partial charge >= 0.3 is 0 Å². The van der Waals surface area contributed by atoms with E-state index in [2.05, 4.69) is 79.4 Å². The van der Waals surface area contributed by atoms with Crippen molar-refractivity contribution in [2.24, 2.45) is 16.3 Å². The van der Waals surface area contributed by atoms with Crippen molar-refractivity contribution in [1.29, 1.82) is 5.26 Å². The van der Waals surface area contributed by atoms with Crippen molar-refractivity contribution in [3.63, 3.8) is 0 Å². The molecule has 3 aliphatic carbocycles. The van der Waals surface area contributed by atoms with E-state index in [1.54, 1.807) is 35.6 Å². The maximum absolute atomic E-state index is 13.1. The van der Waals surface area contributed by atoms with Crippen LogP contribution in [0.4, 0.5) is 5.82 Å². The van der Waals surface area contributed by atoms with E-state index in [1.165, 1.54) is 27.4 Å². The summed E-state index contributed by atoms with van der Waals surface area (Å²) in [6, 6.07) is 19.5. The predicted octanol–water partition coefficient (Wildman–Crippen LogP) is 8.60. The van der Waals surface area contributed by atoms with Gasteiger partial charge in [-0.25, -0.2) is 0 Å². The van der Waals surface area contributed by atoms with Crippen molar-refractivity contribution in [3.05, 3.63) is 104 Å². The third kappa shape index (κ3) is 7.21. The highest BCUT2D eigenvalue weighted by atomic mass is 35.5. The van der Waals surface area contributed by atoms with Gasteiger partial charge in [0.1, 0.15) is 33.9 Å². The zero-order valence-electron chi connectivity index (χ0n) is 34.2. The van der Waals surface area contributed by atoms with Gasteiger partial charge in [-0.15, -0.1) is 31.7 Å². The quantitative estimate of drug-likeness (QED) is 0.154. The monoisotopic (exact) mass is 841 g/mol. The zero-order chi connectivity index (χ0) is 41.2. The van der Waals surface area contributed by atoms with Crippen LogP contribution >= 0.6 is 22.9 Å². The molecule has 1 saturated heterocycles. The van der Waals surface area contributed by atoms with Crippen LogP contribution in [0.1, 0.15) is 113 Å². The van der Waals surface area contributed by atoms with Gasteiger partial charge in [-0.1, -0.05) is 11.6 Å². The van der Waals surface area contributed by atoms with E-state index in [1.807, 2.05) is 13.0 Å². The number of anilines is 1. The van der Waals surface area contributed by atoms with Crippen molar-refractivity contribution < 1.29 is 14.3 Å². The second-order valence-electron chi connectivity index (χ2n) is 17.6. The fraction of sp³-hybridized carbons (Fsp3) is 0.457. The lowest BCUT2D eigenvalue weighted by molar-refractivity contribution is 0.0113. The Bertz CT molecular complexity index is 2520. The van der Waals surface area contributed by atoms with Gasteiger partial charge in [-0.3, -0.25) is 14.4 Å². The number of piperidine rings is 1. The number of aliphatic imine (C=N–C) groups is 1. The Morgan fingerprint density at radius 3 is 2.47 bits per heavy atom. The van der Waals surface area contributed by atoms with E-state index in [4.69, 9.17) is 31.3 Å². The number of hydrogen-bond acceptors (Lipinski definition) is 11. The number of thiophene rings is 1. The minimum atomic E-state index is -0.295. The Morgan fingerprint density at radius 2 is 1.75 bits per heavy atom. The molecule has 1 N–H and O–H groups in total. The van der Waals surface area contributed by atoms with Gasteiger partial charge in [0.15, 0.2) is 17.3 Å². The summed E-state index contributed by atoms with van der Waals surface area (Å²) in [5.74, 6) is 4.56. The average Bonchev–Trinajstić information content (AvgIpc) is 3.86. The van der Waals surface area contributed by atoms with Crippen molar-refractivity contribution >= 4 is 40.4 Å². The summed E-state index contributed by atoms with van der Waals surface area (Å²) in [6.07, 6.45) is 9.82. The molecule has 2 aliphatic heterocycles. The summed E-state index contributed by atoms with van der Waals surface area (Å²) in [7, 11) is 0. The number of benzene rings is 2. The maximum atomic E-state index is 13.1. The first-order chi connectivity index (χ1) is 29.1. The molecule has 2 aromatic carbocycles. The van der Waals surface area contributed by atoms with Gasteiger partial charge in [0.05, 0.1) is 29.0 Å². The van der Waals surface area contributed by atoms with Crippen LogP contribution in [0.5, 0.6) is 11.5 Å². The van der Waals surface area contributed by atoms with Crippen molar-refractivity contribution in [2.75, 3.05) is 24.6 Å². The highest BCUT2D eigenvalue weighted by Gasteiger charge is 2.52. The molecule has 2 spiro atoms. The average molecular weight is 842 g/mol. The molecule has 14 heteroatoms. The minimum Gasteiger partial charge on any atom is -0.493 e. The van der Waals surface area contributed by atoms with Crippen molar-refractivity contribution in [1.82, 2.24) is 30.3 Å². The fourth-order valence-corrected chi connectivity index (χ4v) is 11.3. The molecule has 3 saturated carbocycles. The van der Waals surface area contributed by atoms with Gasteiger partial charge in [0.25, 0.3) is 5.91 Å². The van der Waals surface area contributed by atoms with E-state index in [-0.39, 0.29) is 29.0 Å². The Labute approximate surface area is 359 Å². The molecule has 10 rings (SSSR count). The largest absolute Gasteiger partial charge is 0.493 e. The summed E-state index contributed by atoms with van der Waals surface area (Å²) in [5, 5.41) is 31.8. The molecule has 5 aliphatic rings. The van der Waals surface area contributed by atoms with E-state index >= 15 is 0 Å². The van der Waals surface area contributed by atoms with E-state index in [0.29, 0.717) is 34.6 Å². The normalized spacial score (nSPS) is 23.8.